The first-order valence-corrected chi connectivity index (χ1v) is 10.6. The van der Waals surface area contributed by atoms with Crippen molar-refractivity contribution in [3.8, 4) is 28.6 Å². The summed E-state index contributed by atoms with van der Waals surface area (Å²) in [4.78, 5) is 28.1. The molecule has 1 fully saturated rings. The number of benzene rings is 2. The number of phenolic OH excluding ortho intramolecular Hbond substituents is 2. The summed E-state index contributed by atoms with van der Waals surface area (Å²) < 4.78 is 1.40. The van der Waals surface area contributed by atoms with Crippen LogP contribution in [0.5, 0.6) is 11.5 Å². The molecule has 0 aliphatic carbocycles. The molecule has 0 saturated carbocycles. The topological polar surface area (TPSA) is 115 Å². The standard InChI is InChI=1S/C23H27N5O4/c1-14(2)18-12-19(21(31)13-20(18)30)22-24-25-23(32)28(22)17-6-4-16(5-7-17)27-10-8-26(9-11-27)15(3)29/h4-7,12-14,30-31H,8-11H2,1-3H3,(H,25,32). The maximum Gasteiger partial charge on any atom is 0.348 e. The number of aromatic nitrogens is 3. The molecule has 168 valence electrons. The first-order valence-electron chi connectivity index (χ1n) is 10.6. The molecule has 1 amide bonds. The minimum Gasteiger partial charge on any atom is -0.508 e. The second-order valence-corrected chi connectivity index (χ2v) is 8.28. The molecule has 1 aliphatic rings. The molecule has 0 bridgehead atoms. The Morgan fingerprint density at radius 2 is 1.62 bits per heavy atom. The number of rotatable bonds is 4. The first kappa shape index (κ1) is 21.5. The van der Waals surface area contributed by atoms with Crippen LogP contribution < -0.4 is 10.6 Å². The van der Waals surface area contributed by atoms with E-state index in [0.717, 1.165) is 18.8 Å². The molecule has 0 spiro atoms. The quantitative estimate of drug-likeness (QED) is 0.578. The zero-order valence-electron chi connectivity index (χ0n) is 18.4. The van der Waals surface area contributed by atoms with E-state index >= 15 is 0 Å². The van der Waals surface area contributed by atoms with Crippen molar-refractivity contribution in [1.82, 2.24) is 19.7 Å². The van der Waals surface area contributed by atoms with Crippen molar-refractivity contribution in [2.75, 3.05) is 31.1 Å². The number of aromatic amines is 1. The third kappa shape index (κ3) is 3.93. The Balaban J connectivity index is 1.66. The highest BCUT2D eigenvalue weighted by Crippen LogP contribution is 2.37. The Morgan fingerprint density at radius 3 is 2.22 bits per heavy atom. The highest BCUT2D eigenvalue weighted by atomic mass is 16.3. The lowest BCUT2D eigenvalue weighted by Gasteiger charge is -2.35. The number of H-pyrrole nitrogens is 1. The van der Waals surface area contributed by atoms with Crippen LogP contribution in [0.25, 0.3) is 17.1 Å². The second-order valence-electron chi connectivity index (χ2n) is 8.28. The molecule has 2 aromatic carbocycles. The predicted molar refractivity (Wildman–Crippen MR) is 122 cm³/mol. The zero-order chi connectivity index (χ0) is 23.0. The fraction of sp³-hybridized carbons (Fsp3) is 0.348. The van der Waals surface area contributed by atoms with Crippen molar-refractivity contribution in [3.05, 3.63) is 52.4 Å². The van der Waals surface area contributed by atoms with Gasteiger partial charge in [-0.25, -0.2) is 14.5 Å². The zero-order valence-corrected chi connectivity index (χ0v) is 18.4. The summed E-state index contributed by atoms with van der Waals surface area (Å²) in [7, 11) is 0. The van der Waals surface area contributed by atoms with Crippen LogP contribution in [-0.2, 0) is 4.79 Å². The van der Waals surface area contributed by atoms with E-state index in [1.807, 2.05) is 43.0 Å². The molecule has 1 aromatic heterocycles. The van der Waals surface area contributed by atoms with Crippen LogP contribution in [-0.4, -0.2) is 62.0 Å². The fourth-order valence-corrected chi connectivity index (χ4v) is 4.04. The van der Waals surface area contributed by atoms with E-state index in [2.05, 4.69) is 15.1 Å². The summed E-state index contributed by atoms with van der Waals surface area (Å²) in [5.41, 5.74) is 2.18. The lowest BCUT2D eigenvalue weighted by molar-refractivity contribution is -0.129. The van der Waals surface area contributed by atoms with Crippen molar-refractivity contribution in [1.29, 1.82) is 0 Å². The molecule has 0 radical (unpaired) electrons. The van der Waals surface area contributed by atoms with Gasteiger partial charge in [0.2, 0.25) is 5.91 Å². The third-order valence-electron chi connectivity index (χ3n) is 5.88. The number of nitrogens with one attached hydrogen (secondary N) is 1. The van der Waals surface area contributed by atoms with E-state index in [1.54, 1.807) is 13.0 Å². The second kappa shape index (κ2) is 8.41. The molecule has 3 aromatic rings. The monoisotopic (exact) mass is 437 g/mol. The molecular formula is C23H27N5O4. The number of carbonyl (C=O) groups excluding carboxylic acids is 1. The molecule has 32 heavy (non-hydrogen) atoms. The Labute approximate surface area is 185 Å². The maximum atomic E-state index is 12.6. The van der Waals surface area contributed by atoms with Gasteiger partial charge in [-0.3, -0.25) is 4.79 Å². The first-order chi connectivity index (χ1) is 15.3. The van der Waals surface area contributed by atoms with Crippen LogP contribution >= 0.6 is 0 Å². The largest absolute Gasteiger partial charge is 0.508 e. The molecule has 9 heteroatoms. The van der Waals surface area contributed by atoms with Gasteiger partial charge in [0.05, 0.1) is 11.3 Å². The third-order valence-corrected chi connectivity index (χ3v) is 5.88. The number of anilines is 1. The summed E-state index contributed by atoms with van der Waals surface area (Å²) in [5.74, 6) is 0.213. The van der Waals surface area contributed by atoms with E-state index < -0.39 is 5.69 Å². The van der Waals surface area contributed by atoms with Crippen LogP contribution in [0.1, 0.15) is 32.3 Å². The summed E-state index contributed by atoms with van der Waals surface area (Å²) in [6, 6.07) is 10.4. The minimum atomic E-state index is -0.429. The van der Waals surface area contributed by atoms with Gasteiger partial charge in [0.25, 0.3) is 0 Å². The average molecular weight is 438 g/mol. The molecular weight excluding hydrogens is 410 g/mol. The van der Waals surface area contributed by atoms with E-state index in [-0.39, 0.29) is 29.1 Å². The van der Waals surface area contributed by atoms with Crippen molar-refractivity contribution in [2.45, 2.75) is 26.7 Å². The molecule has 0 unspecified atom stereocenters. The summed E-state index contributed by atoms with van der Waals surface area (Å²) in [5, 5.41) is 27.2. The maximum absolute atomic E-state index is 12.6. The molecule has 4 rings (SSSR count). The Morgan fingerprint density at radius 1 is 1.00 bits per heavy atom. The van der Waals surface area contributed by atoms with Gasteiger partial charge in [0, 0.05) is 44.9 Å². The SMILES string of the molecule is CC(=O)N1CCN(c2ccc(-n3c(-c4cc(C(C)C)c(O)cc4O)n[nH]c3=O)cc2)CC1. The number of hydrogen-bond donors (Lipinski definition) is 3. The highest BCUT2D eigenvalue weighted by Gasteiger charge is 2.21. The smallest absolute Gasteiger partial charge is 0.348 e. The fourth-order valence-electron chi connectivity index (χ4n) is 4.04. The van der Waals surface area contributed by atoms with Gasteiger partial charge in [-0.2, -0.15) is 5.10 Å². The Hall–Kier alpha value is -3.75. The van der Waals surface area contributed by atoms with Crippen LogP contribution in [0.3, 0.4) is 0 Å². The van der Waals surface area contributed by atoms with Gasteiger partial charge in [-0.15, -0.1) is 0 Å². The predicted octanol–water partition coefficient (Wildman–Crippen LogP) is 2.43. The Bertz CT molecular complexity index is 1190. The van der Waals surface area contributed by atoms with Crippen molar-refractivity contribution < 1.29 is 15.0 Å². The van der Waals surface area contributed by atoms with Crippen molar-refractivity contribution in [3.63, 3.8) is 0 Å². The minimum absolute atomic E-state index is 0.0000873. The van der Waals surface area contributed by atoms with Crippen LogP contribution in [0.2, 0.25) is 0 Å². The van der Waals surface area contributed by atoms with Gasteiger partial charge >= 0.3 is 5.69 Å². The normalized spacial score (nSPS) is 14.2. The lowest BCUT2D eigenvalue weighted by Crippen LogP contribution is -2.48. The number of hydrogen-bond acceptors (Lipinski definition) is 6. The van der Waals surface area contributed by atoms with Crippen LogP contribution in [0, 0.1) is 0 Å². The van der Waals surface area contributed by atoms with Crippen LogP contribution in [0.4, 0.5) is 5.69 Å². The van der Waals surface area contributed by atoms with Crippen molar-refractivity contribution >= 4 is 11.6 Å². The number of amides is 1. The Kier molecular flexibility index (Phi) is 5.65. The molecule has 9 nitrogen and oxygen atoms in total. The highest BCUT2D eigenvalue weighted by molar-refractivity contribution is 5.73. The molecule has 3 N–H and O–H groups in total. The van der Waals surface area contributed by atoms with Gasteiger partial charge in [-0.05, 0) is 41.8 Å². The number of phenols is 2. The molecule has 1 aliphatic heterocycles. The number of piperazine rings is 1. The van der Waals surface area contributed by atoms with Gasteiger partial charge in [0.1, 0.15) is 11.5 Å². The summed E-state index contributed by atoms with van der Waals surface area (Å²) >= 11 is 0. The lowest BCUT2D eigenvalue weighted by atomic mass is 9.98. The molecule has 0 atom stereocenters. The van der Waals surface area contributed by atoms with E-state index in [1.165, 1.54) is 10.6 Å². The van der Waals surface area contributed by atoms with E-state index in [0.29, 0.717) is 29.9 Å². The van der Waals surface area contributed by atoms with Gasteiger partial charge < -0.3 is 20.0 Å². The van der Waals surface area contributed by atoms with Crippen molar-refractivity contribution in [2.24, 2.45) is 0 Å². The number of aromatic hydroxyl groups is 2. The van der Waals surface area contributed by atoms with E-state index in [4.69, 9.17) is 0 Å². The summed E-state index contributed by atoms with van der Waals surface area (Å²) in [6.45, 7) is 8.30. The molecule has 1 saturated heterocycles. The van der Waals surface area contributed by atoms with E-state index in [9.17, 15) is 19.8 Å². The van der Waals surface area contributed by atoms with Crippen LogP contribution in [0.15, 0.2) is 41.2 Å². The number of carbonyl (C=O) groups is 1. The number of nitrogens with zero attached hydrogens (tertiary/aromatic N) is 4. The van der Waals surface area contributed by atoms with Gasteiger partial charge in [-0.1, -0.05) is 13.8 Å². The average Bonchev–Trinajstić information content (AvgIpc) is 3.14. The van der Waals surface area contributed by atoms with Gasteiger partial charge in [0.15, 0.2) is 5.82 Å². The molecule has 2 heterocycles. The summed E-state index contributed by atoms with van der Waals surface area (Å²) in [6.07, 6.45) is 0.